The van der Waals surface area contributed by atoms with E-state index in [1.165, 1.54) is 0 Å². The van der Waals surface area contributed by atoms with E-state index < -0.39 is 0 Å². The predicted octanol–water partition coefficient (Wildman–Crippen LogP) is 3.31. The zero-order chi connectivity index (χ0) is 17.6. The van der Waals surface area contributed by atoms with Crippen LogP contribution in [0.3, 0.4) is 0 Å². The maximum atomic E-state index is 11.9. The van der Waals surface area contributed by atoms with E-state index in [1.54, 1.807) is 25.5 Å². The van der Waals surface area contributed by atoms with Crippen molar-refractivity contribution in [3.05, 3.63) is 57.8 Å². The van der Waals surface area contributed by atoms with Crippen molar-refractivity contribution in [2.24, 2.45) is 5.10 Å². The number of nitrogens with one attached hydrogen (secondary N) is 2. The molecule has 1 aromatic heterocycles. The number of hydrogen-bond acceptors (Lipinski definition) is 4. The van der Waals surface area contributed by atoms with Gasteiger partial charge in [0.1, 0.15) is 11.5 Å². The number of rotatable bonds is 6. The number of H-pyrrole nitrogens is 1. The molecule has 0 fully saturated rings. The summed E-state index contributed by atoms with van der Waals surface area (Å²) in [5.41, 5.74) is 4.39. The molecule has 0 aliphatic rings. The molecular formula is C18H16IN3O3. The van der Waals surface area contributed by atoms with E-state index in [9.17, 15) is 4.79 Å². The molecule has 0 saturated heterocycles. The summed E-state index contributed by atoms with van der Waals surface area (Å²) in [6.07, 6.45) is 3.45. The molecule has 0 aliphatic carbocycles. The molecule has 0 bridgehead atoms. The number of hydrazone groups is 1. The Bertz CT molecular complexity index is 921. The molecule has 6 nitrogen and oxygen atoms in total. The minimum atomic E-state index is -0.331. The fourth-order valence-corrected chi connectivity index (χ4v) is 2.92. The molecule has 0 atom stereocenters. The Morgan fingerprint density at radius 3 is 2.96 bits per heavy atom. The summed E-state index contributed by atoms with van der Waals surface area (Å²) in [5.74, 6) is 1.03. The van der Waals surface area contributed by atoms with Crippen LogP contribution in [-0.4, -0.2) is 30.8 Å². The van der Waals surface area contributed by atoms with Crippen LogP contribution < -0.4 is 14.9 Å². The Kier molecular flexibility index (Phi) is 5.54. The lowest BCUT2D eigenvalue weighted by atomic mass is 10.2. The highest BCUT2D eigenvalue weighted by molar-refractivity contribution is 14.1. The van der Waals surface area contributed by atoms with Crippen LogP contribution in [0.2, 0.25) is 0 Å². The molecular weight excluding hydrogens is 433 g/mol. The zero-order valence-corrected chi connectivity index (χ0v) is 15.6. The standard InChI is InChI=1S/C18H16IN3O3/c1-24-13-6-7-17(15(19)8-13)25-11-18(23)22-21-10-12-9-20-16-5-3-2-4-14(12)16/h2-10,20H,11H2,1H3,(H,22,23)/b21-10-. The molecule has 0 saturated carbocycles. The van der Waals surface area contributed by atoms with Crippen LogP contribution in [0.5, 0.6) is 11.5 Å². The largest absolute Gasteiger partial charge is 0.497 e. The third kappa shape index (κ3) is 4.30. The normalized spacial score (nSPS) is 11.0. The predicted molar refractivity (Wildman–Crippen MR) is 105 cm³/mol. The molecule has 7 heteroatoms. The van der Waals surface area contributed by atoms with E-state index >= 15 is 0 Å². The van der Waals surface area contributed by atoms with Crippen LogP contribution in [0.15, 0.2) is 53.8 Å². The lowest BCUT2D eigenvalue weighted by Gasteiger charge is -2.08. The molecule has 2 aromatic carbocycles. The van der Waals surface area contributed by atoms with Crippen molar-refractivity contribution >= 4 is 45.6 Å². The van der Waals surface area contributed by atoms with Crippen molar-refractivity contribution in [3.63, 3.8) is 0 Å². The Morgan fingerprint density at radius 2 is 2.16 bits per heavy atom. The van der Waals surface area contributed by atoms with E-state index in [2.05, 4.69) is 38.1 Å². The number of nitrogens with zero attached hydrogens (tertiary/aromatic N) is 1. The molecule has 1 heterocycles. The molecule has 2 N–H and O–H groups in total. The average Bonchev–Trinajstić information content (AvgIpc) is 3.04. The number of benzene rings is 2. The van der Waals surface area contributed by atoms with Crippen molar-refractivity contribution in [2.75, 3.05) is 13.7 Å². The second-order valence-electron chi connectivity index (χ2n) is 5.17. The summed E-state index contributed by atoms with van der Waals surface area (Å²) in [5, 5.41) is 5.03. The van der Waals surface area contributed by atoms with Gasteiger partial charge in [0.2, 0.25) is 0 Å². The molecule has 25 heavy (non-hydrogen) atoms. The van der Waals surface area contributed by atoms with Crippen LogP contribution in [0.4, 0.5) is 0 Å². The number of para-hydroxylation sites is 1. The number of ether oxygens (including phenoxy) is 2. The first-order valence-corrected chi connectivity index (χ1v) is 8.59. The topological polar surface area (TPSA) is 75.7 Å². The first-order valence-electron chi connectivity index (χ1n) is 7.52. The van der Waals surface area contributed by atoms with Crippen LogP contribution in [0.1, 0.15) is 5.56 Å². The van der Waals surface area contributed by atoms with Crippen molar-refractivity contribution in [1.29, 1.82) is 0 Å². The van der Waals surface area contributed by atoms with Crippen LogP contribution >= 0.6 is 22.6 Å². The first kappa shape index (κ1) is 17.3. The van der Waals surface area contributed by atoms with Gasteiger partial charge in [0.05, 0.1) is 16.9 Å². The quantitative estimate of drug-likeness (QED) is 0.345. The highest BCUT2D eigenvalue weighted by Gasteiger charge is 2.06. The van der Waals surface area contributed by atoms with Crippen molar-refractivity contribution in [3.8, 4) is 11.5 Å². The molecule has 3 rings (SSSR count). The number of aromatic amines is 1. The van der Waals surface area contributed by atoms with Gasteiger partial charge in [-0.15, -0.1) is 0 Å². The number of methoxy groups -OCH3 is 1. The van der Waals surface area contributed by atoms with E-state index in [0.29, 0.717) is 5.75 Å². The number of amides is 1. The number of halogens is 1. The highest BCUT2D eigenvalue weighted by atomic mass is 127. The lowest BCUT2D eigenvalue weighted by Crippen LogP contribution is -2.24. The van der Waals surface area contributed by atoms with Gasteiger partial charge in [-0.3, -0.25) is 4.79 Å². The van der Waals surface area contributed by atoms with E-state index in [1.807, 2.05) is 36.5 Å². The van der Waals surface area contributed by atoms with Gasteiger partial charge < -0.3 is 14.5 Å². The van der Waals surface area contributed by atoms with E-state index in [0.717, 1.165) is 25.8 Å². The van der Waals surface area contributed by atoms with E-state index in [-0.39, 0.29) is 12.5 Å². The number of carbonyl (C=O) groups is 1. The summed E-state index contributed by atoms with van der Waals surface area (Å²) >= 11 is 2.13. The van der Waals surface area contributed by atoms with Crippen molar-refractivity contribution in [2.45, 2.75) is 0 Å². The summed E-state index contributed by atoms with van der Waals surface area (Å²) < 4.78 is 11.5. The number of carbonyl (C=O) groups excluding carboxylic acids is 1. The number of aromatic nitrogens is 1. The summed E-state index contributed by atoms with van der Waals surface area (Å²) in [6.45, 7) is -0.118. The highest BCUT2D eigenvalue weighted by Crippen LogP contribution is 2.25. The minimum Gasteiger partial charge on any atom is -0.497 e. The van der Waals surface area contributed by atoms with Crippen LogP contribution in [-0.2, 0) is 4.79 Å². The summed E-state index contributed by atoms with van der Waals surface area (Å²) in [4.78, 5) is 15.0. The van der Waals surface area contributed by atoms with E-state index in [4.69, 9.17) is 9.47 Å². The fraction of sp³-hybridized carbons (Fsp3) is 0.111. The number of fused-ring (bicyclic) bond motifs is 1. The van der Waals surface area contributed by atoms with Gasteiger partial charge in [0, 0.05) is 22.7 Å². The molecule has 0 radical (unpaired) electrons. The smallest absolute Gasteiger partial charge is 0.277 e. The maximum absolute atomic E-state index is 11.9. The van der Waals surface area contributed by atoms with Crippen molar-refractivity contribution in [1.82, 2.24) is 10.4 Å². The molecule has 1 amide bonds. The Labute approximate surface area is 158 Å². The molecule has 3 aromatic rings. The Morgan fingerprint density at radius 1 is 1.32 bits per heavy atom. The van der Waals surface area contributed by atoms with Gasteiger partial charge in [-0.05, 0) is 46.9 Å². The number of hydrogen-bond donors (Lipinski definition) is 2. The summed E-state index contributed by atoms with van der Waals surface area (Å²) in [7, 11) is 1.60. The minimum absolute atomic E-state index is 0.118. The fourth-order valence-electron chi connectivity index (χ4n) is 2.28. The average molecular weight is 449 g/mol. The maximum Gasteiger partial charge on any atom is 0.277 e. The first-order chi connectivity index (χ1) is 12.2. The van der Waals surface area contributed by atoms with Gasteiger partial charge in [-0.1, -0.05) is 18.2 Å². The monoisotopic (exact) mass is 449 g/mol. The van der Waals surface area contributed by atoms with Crippen LogP contribution in [0.25, 0.3) is 10.9 Å². The van der Waals surface area contributed by atoms with Crippen LogP contribution in [0, 0.1) is 3.57 Å². The Balaban J connectivity index is 1.54. The summed E-state index contributed by atoms with van der Waals surface area (Å²) in [6, 6.07) is 13.3. The van der Waals surface area contributed by atoms with Gasteiger partial charge in [0.15, 0.2) is 6.61 Å². The third-order valence-electron chi connectivity index (χ3n) is 3.51. The second-order valence-corrected chi connectivity index (χ2v) is 6.33. The lowest BCUT2D eigenvalue weighted by molar-refractivity contribution is -0.123. The molecule has 128 valence electrons. The SMILES string of the molecule is COc1ccc(OCC(=O)N/N=C\c2c[nH]c3ccccc23)c(I)c1. The Hall–Kier alpha value is -2.55. The zero-order valence-electron chi connectivity index (χ0n) is 13.5. The second kappa shape index (κ2) is 8.02. The van der Waals surface area contributed by atoms with Gasteiger partial charge in [-0.25, -0.2) is 5.43 Å². The molecule has 0 spiro atoms. The van der Waals surface area contributed by atoms with Crippen molar-refractivity contribution < 1.29 is 14.3 Å². The van der Waals surface area contributed by atoms with Gasteiger partial charge in [-0.2, -0.15) is 5.10 Å². The molecule has 0 unspecified atom stereocenters. The third-order valence-corrected chi connectivity index (χ3v) is 4.35. The molecule has 0 aliphatic heterocycles. The van der Waals surface area contributed by atoms with Gasteiger partial charge >= 0.3 is 0 Å². The van der Waals surface area contributed by atoms with Gasteiger partial charge in [0.25, 0.3) is 5.91 Å².